The van der Waals surface area contributed by atoms with Gasteiger partial charge >= 0.3 is 7.60 Å². The van der Waals surface area contributed by atoms with Gasteiger partial charge in [0.05, 0.1) is 0 Å². The summed E-state index contributed by atoms with van der Waals surface area (Å²) in [5, 5.41) is 0. The second kappa shape index (κ2) is 2.70. The Bertz CT molecular complexity index is 54.9. The first kappa shape index (κ1) is 9.77. The van der Waals surface area contributed by atoms with Crippen molar-refractivity contribution in [3.63, 3.8) is 0 Å². The first-order valence-electron chi connectivity index (χ1n) is 1.03. The fourth-order valence-corrected chi connectivity index (χ4v) is 0. The van der Waals surface area contributed by atoms with Gasteiger partial charge in [-0.25, -0.2) is 0 Å². The van der Waals surface area contributed by atoms with Crippen LogP contribution in [0.25, 0.3) is 0 Å². The van der Waals surface area contributed by atoms with Crippen LogP contribution in [0.5, 0.6) is 0 Å². The Morgan fingerprint density at radius 2 is 1.50 bits per heavy atom. The molecule has 0 amide bonds. The van der Waals surface area contributed by atoms with Crippen LogP contribution in [0.4, 0.5) is 0 Å². The zero-order valence-electron chi connectivity index (χ0n) is 3.46. The molecule has 0 spiro atoms. The van der Waals surface area contributed by atoms with E-state index >= 15 is 0 Å². The standard InChI is InChI=1S/CH5O3P.H3P/c1-5(2,3)4;/h1H3,(H2,2,3,4);1H3. The third-order valence-electron chi connectivity index (χ3n) is 0. The number of hydrogen-bond donors (Lipinski definition) is 2. The highest BCUT2D eigenvalue weighted by molar-refractivity contribution is 7.50. The Labute approximate surface area is 39.5 Å². The average molecular weight is 130 g/mol. The van der Waals surface area contributed by atoms with Crippen LogP contribution in [0.1, 0.15) is 0 Å². The predicted molar refractivity (Wildman–Crippen MR) is 29.1 cm³/mol. The van der Waals surface area contributed by atoms with E-state index in [1.807, 2.05) is 0 Å². The Morgan fingerprint density at radius 1 is 1.50 bits per heavy atom. The summed E-state index contributed by atoms with van der Waals surface area (Å²) in [6.45, 7) is 0.854. The summed E-state index contributed by atoms with van der Waals surface area (Å²) < 4.78 is 9.33. The van der Waals surface area contributed by atoms with Crippen molar-refractivity contribution in [2.75, 3.05) is 6.66 Å². The minimum Gasteiger partial charge on any atom is -0.325 e. The van der Waals surface area contributed by atoms with Crippen LogP contribution >= 0.6 is 17.5 Å². The molecule has 3 nitrogen and oxygen atoms in total. The second-order valence-electron chi connectivity index (χ2n) is 0.835. The van der Waals surface area contributed by atoms with Crippen LogP contribution in [0.3, 0.4) is 0 Å². The maximum atomic E-state index is 9.33. The van der Waals surface area contributed by atoms with E-state index in [9.17, 15) is 4.57 Å². The van der Waals surface area contributed by atoms with Gasteiger partial charge in [0.15, 0.2) is 0 Å². The van der Waals surface area contributed by atoms with Crippen LogP contribution in [0.15, 0.2) is 0 Å². The summed E-state index contributed by atoms with van der Waals surface area (Å²) in [6.07, 6.45) is 0. The Morgan fingerprint density at radius 3 is 1.50 bits per heavy atom. The third-order valence-corrected chi connectivity index (χ3v) is 0. The molecule has 2 N–H and O–H groups in total. The molecule has 0 rings (SSSR count). The maximum Gasteiger partial charge on any atom is 0.322 e. The maximum absolute atomic E-state index is 9.33. The average Bonchev–Trinajstić information content (AvgIpc) is 0.722. The molecular weight excluding hydrogens is 122 g/mol. The molecule has 0 fully saturated rings. The summed E-state index contributed by atoms with van der Waals surface area (Å²) in [7, 11) is -3.64. The highest BCUT2D eigenvalue weighted by Gasteiger charge is 1.95. The van der Waals surface area contributed by atoms with Gasteiger partial charge in [-0.05, 0) is 0 Å². The monoisotopic (exact) mass is 130 g/mol. The van der Waals surface area contributed by atoms with Gasteiger partial charge in [0.1, 0.15) is 0 Å². The van der Waals surface area contributed by atoms with E-state index in [4.69, 9.17) is 9.79 Å². The summed E-state index contributed by atoms with van der Waals surface area (Å²) in [5.41, 5.74) is 0. The Hall–Kier alpha value is 0.580. The van der Waals surface area contributed by atoms with Crippen molar-refractivity contribution in [2.45, 2.75) is 0 Å². The molecule has 0 aliphatic heterocycles. The van der Waals surface area contributed by atoms with Gasteiger partial charge in [-0.1, -0.05) is 0 Å². The van der Waals surface area contributed by atoms with Crippen molar-refractivity contribution in [3.05, 3.63) is 0 Å². The first-order chi connectivity index (χ1) is 2.00. The highest BCUT2D eigenvalue weighted by Crippen LogP contribution is 2.26. The Balaban J connectivity index is 0. The van der Waals surface area contributed by atoms with Crippen molar-refractivity contribution < 1.29 is 14.4 Å². The normalized spacial score (nSPS) is 9.83. The van der Waals surface area contributed by atoms with E-state index in [2.05, 4.69) is 0 Å². The third kappa shape index (κ3) is 174. The van der Waals surface area contributed by atoms with Gasteiger partial charge in [0.25, 0.3) is 0 Å². The van der Waals surface area contributed by atoms with E-state index in [0.717, 1.165) is 6.66 Å². The minimum atomic E-state index is -3.64. The quantitative estimate of drug-likeness (QED) is 0.448. The fourth-order valence-electron chi connectivity index (χ4n) is 0. The van der Waals surface area contributed by atoms with Gasteiger partial charge < -0.3 is 9.79 Å². The predicted octanol–water partition coefficient (Wildman–Crippen LogP) is -0.148. The lowest BCUT2D eigenvalue weighted by atomic mass is 12.0. The molecule has 0 saturated carbocycles. The summed E-state index contributed by atoms with van der Waals surface area (Å²) in [5.74, 6) is 0. The molecule has 0 heterocycles. The summed E-state index contributed by atoms with van der Waals surface area (Å²) in [4.78, 5) is 15.3. The van der Waals surface area contributed by atoms with Gasteiger partial charge in [-0.2, -0.15) is 9.90 Å². The van der Waals surface area contributed by atoms with Gasteiger partial charge in [0, 0.05) is 6.66 Å². The van der Waals surface area contributed by atoms with E-state index in [-0.39, 0.29) is 9.90 Å². The van der Waals surface area contributed by atoms with Crippen molar-refractivity contribution in [1.29, 1.82) is 0 Å². The smallest absolute Gasteiger partial charge is 0.322 e. The molecular formula is CH8O3P2. The zero-order chi connectivity index (χ0) is 4.50. The lowest BCUT2D eigenvalue weighted by Gasteiger charge is -1.84. The lowest BCUT2D eigenvalue weighted by Crippen LogP contribution is -1.64. The minimum absolute atomic E-state index is 0. The molecule has 0 bridgehead atoms. The molecule has 0 aromatic rings. The van der Waals surface area contributed by atoms with Crippen LogP contribution in [0.2, 0.25) is 0 Å². The lowest BCUT2D eigenvalue weighted by molar-refractivity contribution is 0.381. The van der Waals surface area contributed by atoms with E-state index in [1.54, 1.807) is 0 Å². The molecule has 6 heavy (non-hydrogen) atoms. The van der Waals surface area contributed by atoms with Crippen LogP contribution in [-0.2, 0) is 4.57 Å². The van der Waals surface area contributed by atoms with Crippen molar-refractivity contribution in [3.8, 4) is 0 Å². The topological polar surface area (TPSA) is 57.5 Å². The molecule has 0 radical (unpaired) electrons. The number of hydrogen-bond acceptors (Lipinski definition) is 1. The number of rotatable bonds is 0. The van der Waals surface area contributed by atoms with Crippen LogP contribution in [-0.4, -0.2) is 16.5 Å². The molecule has 0 aliphatic rings. The summed E-state index contributed by atoms with van der Waals surface area (Å²) in [6, 6.07) is 0. The second-order valence-corrected chi connectivity index (χ2v) is 2.51. The van der Waals surface area contributed by atoms with Gasteiger partial charge in [0.2, 0.25) is 0 Å². The molecule has 0 aliphatic carbocycles. The largest absolute Gasteiger partial charge is 0.325 e. The molecule has 1 unspecified atom stereocenters. The molecule has 5 heteroatoms. The molecule has 40 valence electrons. The molecule has 0 aromatic heterocycles. The Kier molecular flexibility index (Phi) is 4.40. The van der Waals surface area contributed by atoms with Crippen LogP contribution < -0.4 is 0 Å². The van der Waals surface area contributed by atoms with Crippen molar-refractivity contribution in [2.24, 2.45) is 0 Å². The molecule has 0 aromatic carbocycles. The van der Waals surface area contributed by atoms with Crippen molar-refractivity contribution >= 4 is 17.5 Å². The first-order valence-corrected chi connectivity index (χ1v) is 3.09. The van der Waals surface area contributed by atoms with Crippen LogP contribution in [0, 0.1) is 0 Å². The fraction of sp³-hybridized carbons (Fsp3) is 1.00. The molecule has 1 atom stereocenters. The van der Waals surface area contributed by atoms with E-state index in [1.165, 1.54) is 0 Å². The van der Waals surface area contributed by atoms with Crippen molar-refractivity contribution in [1.82, 2.24) is 0 Å². The zero-order valence-corrected chi connectivity index (χ0v) is 5.77. The SMILES string of the molecule is CP(=O)(O)O.P. The van der Waals surface area contributed by atoms with E-state index in [0.29, 0.717) is 0 Å². The highest BCUT2D eigenvalue weighted by atomic mass is 31.2. The molecule has 0 saturated heterocycles. The van der Waals surface area contributed by atoms with E-state index < -0.39 is 7.60 Å². The van der Waals surface area contributed by atoms with Gasteiger partial charge in [-0.3, -0.25) is 4.57 Å². The summed E-state index contributed by atoms with van der Waals surface area (Å²) >= 11 is 0. The van der Waals surface area contributed by atoms with Gasteiger partial charge in [-0.15, -0.1) is 0 Å².